The average Bonchev–Trinajstić information content (AvgIpc) is 3.21. The maximum atomic E-state index is 13.6. The molecule has 1 unspecified atom stereocenters. The molecule has 1 aliphatic carbocycles. The van der Waals surface area contributed by atoms with Crippen molar-refractivity contribution in [3.63, 3.8) is 0 Å². The molecule has 29 heavy (non-hydrogen) atoms. The van der Waals surface area contributed by atoms with Crippen molar-refractivity contribution in [3.05, 3.63) is 70.8 Å². The van der Waals surface area contributed by atoms with E-state index in [4.69, 9.17) is 0 Å². The topological polar surface area (TPSA) is 20.3 Å². The van der Waals surface area contributed by atoms with E-state index in [1.54, 1.807) is 0 Å². The molecule has 2 bridgehead atoms. The fraction of sp³-hybridized carbons (Fsp3) is 0.519. The van der Waals surface area contributed by atoms with E-state index in [1.165, 1.54) is 50.5 Å². The summed E-state index contributed by atoms with van der Waals surface area (Å²) < 4.78 is 0. The number of fused-ring (bicyclic) bond motifs is 2. The molecule has 0 amide bonds. The van der Waals surface area contributed by atoms with E-state index in [0.29, 0.717) is 18.1 Å². The van der Waals surface area contributed by atoms with Gasteiger partial charge in [-0.05, 0) is 69.1 Å². The van der Waals surface area contributed by atoms with Crippen LogP contribution < -0.4 is 0 Å². The van der Waals surface area contributed by atoms with Gasteiger partial charge in [0.1, 0.15) is 0 Å². The molecule has 1 atom stereocenters. The molecule has 3 fully saturated rings. The number of aryl methyl sites for hydroxylation is 2. The van der Waals surface area contributed by atoms with Crippen molar-refractivity contribution in [2.45, 2.75) is 88.8 Å². The average molecular weight is 388 g/mol. The van der Waals surface area contributed by atoms with Crippen LogP contribution >= 0.6 is 0 Å². The predicted octanol–water partition coefficient (Wildman–Crippen LogP) is 6.21. The first-order chi connectivity index (χ1) is 14.1. The van der Waals surface area contributed by atoms with Gasteiger partial charge in [0.05, 0.1) is 0 Å². The molecule has 0 radical (unpaired) electrons. The summed E-state index contributed by atoms with van der Waals surface area (Å²) in [4.78, 5) is 16.5. The third kappa shape index (κ3) is 3.08. The van der Waals surface area contributed by atoms with Crippen molar-refractivity contribution in [1.29, 1.82) is 0 Å². The third-order valence-corrected chi connectivity index (χ3v) is 8.20. The Morgan fingerprint density at radius 3 is 2.14 bits per heavy atom. The molecule has 2 nitrogen and oxygen atoms in total. The summed E-state index contributed by atoms with van der Waals surface area (Å²) >= 11 is 0. The zero-order valence-corrected chi connectivity index (χ0v) is 17.9. The summed E-state index contributed by atoms with van der Waals surface area (Å²) in [5.41, 5.74) is 4.73. The van der Waals surface area contributed by atoms with E-state index >= 15 is 0 Å². The van der Waals surface area contributed by atoms with Gasteiger partial charge in [-0.2, -0.15) is 0 Å². The van der Waals surface area contributed by atoms with E-state index < -0.39 is 0 Å². The second-order valence-electron chi connectivity index (χ2n) is 9.68. The fourth-order valence-corrected chi connectivity index (χ4v) is 6.70. The Morgan fingerprint density at radius 1 is 0.931 bits per heavy atom. The summed E-state index contributed by atoms with van der Waals surface area (Å²) in [7, 11) is 0. The number of hydrogen-bond acceptors (Lipinski definition) is 2. The first kappa shape index (κ1) is 19.1. The molecule has 0 spiro atoms. The van der Waals surface area contributed by atoms with Gasteiger partial charge in [0.25, 0.3) is 0 Å². The Labute approximate surface area is 175 Å². The van der Waals surface area contributed by atoms with E-state index in [0.717, 1.165) is 28.8 Å². The molecule has 0 aromatic heterocycles. The Bertz CT molecular complexity index is 870. The molecular formula is C27H33NO. The van der Waals surface area contributed by atoms with Gasteiger partial charge in [-0.15, -0.1) is 0 Å². The first-order valence-corrected chi connectivity index (χ1v) is 11.5. The van der Waals surface area contributed by atoms with Crippen molar-refractivity contribution >= 4 is 5.78 Å². The first-order valence-electron chi connectivity index (χ1n) is 11.5. The minimum Gasteiger partial charge on any atom is -0.294 e. The molecule has 2 aromatic rings. The Balaban J connectivity index is 1.54. The van der Waals surface area contributed by atoms with Crippen LogP contribution in [0.3, 0.4) is 0 Å². The molecule has 2 aromatic carbocycles. The number of rotatable bonds is 6. The van der Waals surface area contributed by atoms with Crippen LogP contribution in [-0.4, -0.2) is 28.3 Å². The number of Topliss-reactive ketones (excluding diaryl/α,β-unsaturated/α-hetero) is 1. The quantitative estimate of drug-likeness (QED) is 0.549. The SMILES string of the molecule is Cc1cccc(C)c1C(=O)CC(c1ccccc1)C12CCC(CC1)N2C1CCC1. The molecule has 0 N–H and O–H groups in total. The van der Waals surface area contributed by atoms with Gasteiger partial charge in [0.2, 0.25) is 0 Å². The van der Waals surface area contributed by atoms with Crippen LogP contribution in [0.4, 0.5) is 0 Å². The van der Waals surface area contributed by atoms with Crippen LogP contribution in [0.1, 0.15) is 84.3 Å². The zero-order chi connectivity index (χ0) is 20.0. The summed E-state index contributed by atoms with van der Waals surface area (Å²) in [6.45, 7) is 4.16. The van der Waals surface area contributed by atoms with Gasteiger partial charge in [0, 0.05) is 35.5 Å². The maximum absolute atomic E-state index is 13.6. The van der Waals surface area contributed by atoms with E-state index in [9.17, 15) is 4.79 Å². The monoisotopic (exact) mass is 387 g/mol. The van der Waals surface area contributed by atoms with Crippen molar-refractivity contribution in [2.24, 2.45) is 0 Å². The smallest absolute Gasteiger partial charge is 0.164 e. The van der Waals surface area contributed by atoms with E-state index in [2.05, 4.69) is 67.3 Å². The molecule has 152 valence electrons. The maximum Gasteiger partial charge on any atom is 0.164 e. The molecule has 2 heteroatoms. The number of benzene rings is 2. The van der Waals surface area contributed by atoms with E-state index in [1.807, 2.05) is 0 Å². The Kier molecular flexibility index (Phi) is 4.86. The summed E-state index contributed by atoms with van der Waals surface area (Å²) in [5, 5.41) is 0. The minimum atomic E-state index is 0.184. The van der Waals surface area contributed by atoms with Gasteiger partial charge in [-0.25, -0.2) is 0 Å². The van der Waals surface area contributed by atoms with Crippen molar-refractivity contribution in [2.75, 3.05) is 0 Å². The highest BCUT2D eigenvalue weighted by Gasteiger charge is 2.58. The van der Waals surface area contributed by atoms with Crippen LogP contribution in [0.5, 0.6) is 0 Å². The Morgan fingerprint density at radius 2 is 1.55 bits per heavy atom. The minimum absolute atomic E-state index is 0.184. The van der Waals surface area contributed by atoms with Crippen LogP contribution in [0.2, 0.25) is 0 Å². The summed E-state index contributed by atoms with van der Waals surface area (Å²) in [6.07, 6.45) is 9.86. The molecule has 2 aliphatic heterocycles. The van der Waals surface area contributed by atoms with Gasteiger partial charge in [-0.3, -0.25) is 9.69 Å². The fourth-order valence-electron chi connectivity index (χ4n) is 6.70. The second kappa shape index (κ2) is 7.40. The van der Waals surface area contributed by atoms with Crippen molar-refractivity contribution in [3.8, 4) is 0 Å². The number of carbonyl (C=O) groups excluding carboxylic acids is 1. The number of carbonyl (C=O) groups is 1. The highest BCUT2D eigenvalue weighted by Crippen LogP contribution is 2.57. The largest absolute Gasteiger partial charge is 0.294 e. The van der Waals surface area contributed by atoms with Crippen molar-refractivity contribution < 1.29 is 4.79 Å². The normalized spacial score (nSPS) is 27.7. The van der Waals surface area contributed by atoms with Gasteiger partial charge in [-0.1, -0.05) is 55.0 Å². The lowest BCUT2D eigenvalue weighted by atomic mass is 9.70. The summed E-state index contributed by atoms with van der Waals surface area (Å²) in [5.74, 6) is 0.621. The lowest BCUT2D eigenvalue weighted by Gasteiger charge is -2.48. The molecular weight excluding hydrogens is 354 g/mol. The number of nitrogens with zero attached hydrogens (tertiary/aromatic N) is 1. The second-order valence-corrected chi connectivity index (χ2v) is 9.68. The lowest BCUT2D eigenvalue weighted by molar-refractivity contribution is 0.0318. The summed E-state index contributed by atoms with van der Waals surface area (Å²) in [6, 6.07) is 18.7. The third-order valence-electron chi connectivity index (χ3n) is 8.20. The van der Waals surface area contributed by atoms with Crippen LogP contribution in [0.15, 0.2) is 48.5 Å². The standard InChI is InChI=1S/C27H33NO/c1-19-8-6-9-20(2)26(19)25(29)18-24(21-10-4-3-5-11-21)27-16-14-23(15-17-27)28(27)22-12-7-13-22/h3-6,8-11,22-24H,7,12-18H2,1-2H3. The Hall–Kier alpha value is -1.93. The lowest BCUT2D eigenvalue weighted by Crippen LogP contribution is -2.53. The van der Waals surface area contributed by atoms with E-state index in [-0.39, 0.29) is 5.54 Å². The number of ketones is 1. The molecule has 5 rings (SSSR count). The molecule has 1 saturated carbocycles. The van der Waals surface area contributed by atoms with Gasteiger partial charge in [0.15, 0.2) is 5.78 Å². The number of hydrogen-bond donors (Lipinski definition) is 0. The van der Waals surface area contributed by atoms with Crippen LogP contribution in [0, 0.1) is 13.8 Å². The molecule has 2 heterocycles. The predicted molar refractivity (Wildman–Crippen MR) is 119 cm³/mol. The molecule has 2 saturated heterocycles. The van der Waals surface area contributed by atoms with Crippen molar-refractivity contribution in [1.82, 2.24) is 4.90 Å². The van der Waals surface area contributed by atoms with Gasteiger partial charge >= 0.3 is 0 Å². The van der Waals surface area contributed by atoms with Crippen LogP contribution in [-0.2, 0) is 0 Å². The zero-order valence-electron chi connectivity index (χ0n) is 17.9. The highest BCUT2D eigenvalue weighted by atomic mass is 16.1. The highest BCUT2D eigenvalue weighted by molar-refractivity contribution is 5.99. The van der Waals surface area contributed by atoms with Gasteiger partial charge < -0.3 is 0 Å². The molecule has 3 aliphatic rings. The van der Waals surface area contributed by atoms with Crippen LogP contribution in [0.25, 0.3) is 0 Å².